The first-order valence-corrected chi connectivity index (χ1v) is 15.1. The van der Waals surface area contributed by atoms with Gasteiger partial charge in [-0.2, -0.15) is 0 Å². The van der Waals surface area contributed by atoms with Crippen LogP contribution < -0.4 is 0 Å². The van der Waals surface area contributed by atoms with Crippen molar-refractivity contribution in [2.75, 3.05) is 6.61 Å². The number of hydrogen-bond donors (Lipinski definition) is 0. The highest BCUT2D eigenvalue weighted by Crippen LogP contribution is 2.71. The molecule has 4 aliphatic carbocycles. The maximum absolute atomic E-state index is 13.7. The van der Waals surface area contributed by atoms with Crippen molar-refractivity contribution in [3.8, 4) is 0 Å². The Balaban J connectivity index is 1.25. The first-order valence-electron chi connectivity index (χ1n) is 15.1. The first-order chi connectivity index (χ1) is 17.9. The van der Waals surface area contributed by atoms with E-state index >= 15 is 0 Å². The van der Waals surface area contributed by atoms with Gasteiger partial charge >= 0.3 is 11.9 Å². The average molecular weight is 531 g/mol. The van der Waals surface area contributed by atoms with Crippen molar-refractivity contribution < 1.29 is 33.3 Å². The third kappa shape index (κ3) is 3.77. The van der Waals surface area contributed by atoms with Gasteiger partial charge in [0.15, 0.2) is 6.10 Å². The molecule has 0 aromatic rings. The van der Waals surface area contributed by atoms with Crippen LogP contribution in [0.3, 0.4) is 0 Å². The molecule has 4 saturated carbocycles. The van der Waals surface area contributed by atoms with Crippen molar-refractivity contribution >= 4 is 17.7 Å². The molecule has 7 heteroatoms. The summed E-state index contributed by atoms with van der Waals surface area (Å²) >= 11 is 0. The molecule has 38 heavy (non-hydrogen) atoms. The van der Waals surface area contributed by atoms with Gasteiger partial charge in [0, 0.05) is 32.1 Å². The zero-order valence-electron chi connectivity index (χ0n) is 24.0. The van der Waals surface area contributed by atoms with Gasteiger partial charge in [0.05, 0.1) is 12.7 Å². The largest absolute Gasteiger partial charge is 0.463 e. The molecule has 6 rings (SSSR count). The predicted molar refractivity (Wildman–Crippen MR) is 139 cm³/mol. The van der Waals surface area contributed by atoms with Crippen molar-refractivity contribution in [1.29, 1.82) is 0 Å². The fraction of sp³-hybridized carbons (Fsp3) is 0.903. The van der Waals surface area contributed by atoms with Gasteiger partial charge in [-0.1, -0.05) is 27.7 Å². The third-order valence-corrected chi connectivity index (χ3v) is 12.3. The number of carbonyl (C=O) groups is 3. The van der Waals surface area contributed by atoms with Gasteiger partial charge in [-0.25, -0.2) is 0 Å². The summed E-state index contributed by atoms with van der Waals surface area (Å²) in [5, 5.41) is 0. The summed E-state index contributed by atoms with van der Waals surface area (Å²) in [5.41, 5.74) is 0.0484. The minimum absolute atomic E-state index is 0.00679. The molecule has 2 saturated heterocycles. The van der Waals surface area contributed by atoms with E-state index in [1.807, 2.05) is 0 Å². The van der Waals surface area contributed by atoms with Crippen molar-refractivity contribution in [3.05, 3.63) is 0 Å². The van der Waals surface area contributed by atoms with Crippen LogP contribution in [-0.2, 0) is 33.3 Å². The molecule has 7 nitrogen and oxygen atoms in total. The number of hydrogen-bond acceptors (Lipinski definition) is 7. The smallest absolute Gasteiger partial charge is 0.303 e. The minimum Gasteiger partial charge on any atom is -0.463 e. The molecule has 0 radical (unpaired) electrons. The second kappa shape index (κ2) is 9.02. The summed E-state index contributed by atoms with van der Waals surface area (Å²) in [5.74, 6) is 1.06. The van der Waals surface area contributed by atoms with Crippen molar-refractivity contribution in [3.63, 3.8) is 0 Å². The number of Topliss-reactive ketones (excluding diaryl/α,β-unsaturated/α-hetero) is 1. The molecular weight excluding hydrogens is 484 g/mol. The highest BCUT2D eigenvalue weighted by atomic mass is 16.7. The number of esters is 2. The molecule has 2 heterocycles. The fourth-order valence-electron chi connectivity index (χ4n) is 10.8. The van der Waals surface area contributed by atoms with Crippen LogP contribution in [0.2, 0.25) is 0 Å². The van der Waals surface area contributed by atoms with Crippen LogP contribution in [-0.4, -0.2) is 48.4 Å². The van der Waals surface area contributed by atoms with E-state index in [9.17, 15) is 14.4 Å². The van der Waals surface area contributed by atoms with Crippen LogP contribution in [0.5, 0.6) is 0 Å². The Morgan fingerprint density at radius 3 is 2.34 bits per heavy atom. The van der Waals surface area contributed by atoms with Crippen molar-refractivity contribution in [2.24, 2.45) is 52.3 Å². The molecule has 13 atom stereocenters. The van der Waals surface area contributed by atoms with Crippen LogP contribution in [0.1, 0.15) is 92.9 Å². The van der Waals surface area contributed by atoms with Crippen LogP contribution in [0, 0.1) is 52.3 Å². The van der Waals surface area contributed by atoms with E-state index in [1.54, 1.807) is 0 Å². The zero-order valence-corrected chi connectivity index (χ0v) is 24.0. The maximum Gasteiger partial charge on any atom is 0.303 e. The molecule has 0 aromatic heterocycles. The number of ether oxygens (including phenoxy) is 4. The molecule has 0 N–H and O–H groups in total. The SMILES string of the molecule is CC(=O)OC1C[C@H](C)CO[C@@]12OC1C[C@H]3[C@@H]4CC(=O)[C@H]5C[C@@H](OC(C)=O)CC[C@]5(C)[C@H]4CC[C@]3(C)C1C2C. The lowest BCUT2D eigenvalue weighted by molar-refractivity contribution is -0.318. The normalized spacial score (nSPS) is 53.5. The average Bonchev–Trinajstić information content (AvgIpc) is 3.28. The summed E-state index contributed by atoms with van der Waals surface area (Å²) < 4.78 is 24.8. The number of fused-ring (bicyclic) bond motifs is 7. The Kier molecular flexibility index (Phi) is 6.35. The third-order valence-electron chi connectivity index (χ3n) is 12.3. The fourth-order valence-corrected chi connectivity index (χ4v) is 10.8. The molecule has 4 unspecified atom stereocenters. The van der Waals surface area contributed by atoms with E-state index in [4.69, 9.17) is 18.9 Å². The molecule has 6 fully saturated rings. The highest BCUT2D eigenvalue weighted by molar-refractivity contribution is 5.83. The number of rotatable bonds is 2. The van der Waals surface area contributed by atoms with Gasteiger partial charge in [-0.05, 0) is 85.4 Å². The summed E-state index contributed by atoms with van der Waals surface area (Å²) in [6.07, 6.45) is 6.64. The van der Waals surface area contributed by atoms with E-state index in [0.29, 0.717) is 54.8 Å². The summed E-state index contributed by atoms with van der Waals surface area (Å²) in [6, 6.07) is 0. The van der Waals surface area contributed by atoms with Crippen LogP contribution in [0.25, 0.3) is 0 Å². The van der Waals surface area contributed by atoms with Crippen molar-refractivity contribution in [2.45, 2.75) is 117 Å². The van der Waals surface area contributed by atoms with E-state index in [2.05, 4.69) is 27.7 Å². The molecule has 6 aliphatic rings. The molecule has 0 amide bonds. The van der Waals surface area contributed by atoms with Gasteiger partial charge < -0.3 is 18.9 Å². The zero-order chi connectivity index (χ0) is 27.2. The second-order valence-electron chi connectivity index (χ2n) is 14.3. The van der Waals surface area contributed by atoms with E-state index in [1.165, 1.54) is 13.8 Å². The summed E-state index contributed by atoms with van der Waals surface area (Å²) in [4.78, 5) is 37.3. The second-order valence-corrected chi connectivity index (χ2v) is 14.3. The van der Waals surface area contributed by atoms with Crippen LogP contribution in [0.15, 0.2) is 0 Å². The van der Waals surface area contributed by atoms with E-state index in [0.717, 1.165) is 38.5 Å². The molecule has 0 bridgehead atoms. The van der Waals surface area contributed by atoms with Gasteiger partial charge in [0.2, 0.25) is 5.79 Å². The molecule has 2 aliphatic heterocycles. The van der Waals surface area contributed by atoms with Gasteiger partial charge in [-0.15, -0.1) is 0 Å². The molecule has 212 valence electrons. The first kappa shape index (κ1) is 26.7. The Labute approximate surface area is 227 Å². The summed E-state index contributed by atoms with van der Waals surface area (Å²) in [6.45, 7) is 12.7. The molecule has 0 aromatic carbocycles. The Morgan fingerprint density at radius 1 is 0.921 bits per heavy atom. The Morgan fingerprint density at radius 2 is 1.63 bits per heavy atom. The number of ketones is 1. The lowest BCUT2D eigenvalue weighted by Crippen LogP contribution is -2.59. The quantitative estimate of drug-likeness (QED) is 0.460. The van der Waals surface area contributed by atoms with Gasteiger partial charge in [-0.3, -0.25) is 14.4 Å². The topological polar surface area (TPSA) is 88.1 Å². The van der Waals surface area contributed by atoms with Crippen LogP contribution >= 0.6 is 0 Å². The molecule has 1 spiro atoms. The van der Waals surface area contributed by atoms with E-state index in [-0.39, 0.29) is 52.9 Å². The monoisotopic (exact) mass is 530 g/mol. The highest BCUT2D eigenvalue weighted by Gasteiger charge is 2.71. The molecular formula is C31H46O7. The van der Waals surface area contributed by atoms with Crippen molar-refractivity contribution in [1.82, 2.24) is 0 Å². The lowest BCUT2D eigenvalue weighted by Gasteiger charge is -2.60. The Bertz CT molecular complexity index is 1010. The van der Waals surface area contributed by atoms with Gasteiger partial charge in [0.1, 0.15) is 11.9 Å². The standard InChI is InChI=1S/C31H46O7/c1-16-11-27(37-19(4)33)31(35-15-16)17(2)28-26(38-31)14-23-21-13-25(34)24-12-20(36-18(3)32)7-9-29(24,5)22(21)8-10-30(23,28)6/h16-17,20-24,26-28H,7-15H2,1-6H3/t16-,17?,20-,21+,22-,23-,24+,26?,27?,28?,29+,30-,31-/m0/s1. The predicted octanol–water partition coefficient (Wildman–Crippen LogP) is 5.09. The number of carbonyl (C=O) groups excluding carboxylic acids is 3. The van der Waals surface area contributed by atoms with E-state index < -0.39 is 5.79 Å². The van der Waals surface area contributed by atoms with Gasteiger partial charge in [0.25, 0.3) is 0 Å². The lowest BCUT2D eigenvalue weighted by atomic mass is 9.44. The minimum atomic E-state index is -0.868. The Hall–Kier alpha value is -1.47. The maximum atomic E-state index is 13.7. The van der Waals surface area contributed by atoms with Crippen LogP contribution in [0.4, 0.5) is 0 Å². The summed E-state index contributed by atoms with van der Waals surface area (Å²) in [7, 11) is 0.